The predicted molar refractivity (Wildman–Crippen MR) is 58.9 cm³/mol. The molecule has 0 radical (unpaired) electrons. The fraction of sp³-hybridized carbons (Fsp3) is 0.364. The molecule has 0 aromatic carbocycles. The summed E-state index contributed by atoms with van der Waals surface area (Å²) in [5, 5.41) is 16.5. The van der Waals surface area contributed by atoms with Crippen LogP contribution in [0, 0.1) is 0 Å². The maximum Gasteiger partial charge on any atom is 0.244 e. The summed E-state index contributed by atoms with van der Waals surface area (Å²) in [4.78, 5) is 8.31. The Labute approximate surface area is 97.7 Å². The molecule has 2 aromatic rings. The van der Waals surface area contributed by atoms with Crippen molar-refractivity contribution in [1.82, 2.24) is 20.4 Å². The standard InChI is InChI=1S/C11H12N4O2/c16-8-4-9(13-6-8)11-14-10(15-17-11)7-2-1-3-12-5-7/h1-3,5,8-9,13,16H,4,6H2/t8-,9+/m1/s1. The van der Waals surface area contributed by atoms with Gasteiger partial charge >= 0.3 is 0 Å². The molecule has 6 heteroatoms. The molecule has 2 atom stereocenters. The average molecular weight is 232 g/mol. The zero-order chi connectivity index (χ0) is 11.7. The summed E-state index contributed by atoms with van der Waals surface area (Å²) < 4.78 is 5.19. The Kier molecular flexibility index (Phi) is 2.58. The van der Waals surface area contributed by atoms with Crippen molar-refractivity contribution in [3.05, 3.63) is 30.4 Å². The van der Waals surface area contributed by atoms with E-state index < -0.39 is 0 Å². The van der Waals surface area contributed by atoms with Gasteiger partial charge in [0.15, 0.2) is 0 Å². The van der Waals surface area contributed by atoms with Gasteiger partial charge in [0.25, 0.3) is 0 Å². The Balaban J connectivity index is 1.84. The van der Waals surface area contributed by atoms with E-state index in [9.17, 15) is 5.11 Å². The van der Waals surface area contributed by atoms with Gasteiger partial charge in [0.05, 0.1) is 12.1 Å². The zero-order valence-electron chi connectivity index (χ0n) is 9.08. The first-order chi connectivity index (χ1) is 8.33. The van der Waals surface area contributed by atoms with E-state index in [-0.39, 0.29) is 12.1 Å². The lowest BCUT2D eigenvalue weighted by atomic mass is 10.2. The third kappa shape index (κ3) is 2.04. The molecule has 1 fully saturated rings. The Morgan fingerprint density at radius 1 is 1.47 bits per heavy atom. The van der Waals surface area contributed by atoms with E-state index in [1.807, 2.05) is 12.1 Å². The molecule has 0 bridgehead atoms. The SMILES string of the molecule is O[C@H]1CN[C@H](c2nc(-c3cccnc3)no2)C1. The van der Waals surface area contributed by atoms with Gasteiger partial charge in [0, 0.05) is 24.5 Å². The molecule has 1 aliphatic rings. The van der Waals surface area contributed by atoms with Gasteiger partial charge in [-0.25, -0.2) is 0 Å². The summed E-state index contributed by atoms with van der Waals surface area (Å²) in [5.41, 5.74) is 0.820. The molecular formula is C11H12N4O2. The van der Waals surface area contributed by atoms with E-state index in [4.69, 9.17) is 4.52 Å². The van der Waals surface area contributed by atoms with Crippen molar-refractivity contribution < 1.29 is 9.63 Å². The molecule has 88 valence electrons. The van der Waals surface area contributed by atoms with Crippen molar-refractivity contribution in [3.63, 3.8) is 0 Å². The monoisotopic (exact) mass is 232 g/mol. The Bertz CT molecular complexity index is 499. The van der Waals surface area contributed by atoms with Crippen molar-refractivity contribution in [2.45, 2.75) is 18.6 Å². The summed E-state index contributed by atoms with van der Waals surface area (Å²) in [6.45, 7) is 0.565. The molecule has 1 saturated heterocycles. The number of rotatable bonds is 2. The summed E-state index contributed by atoms with van der Waals surface area (Å²) in [6, 6.07) is 3.64. The number of nitrogens with zero attached hydrogens (tertiary/aromatic N) is 3. The minimum Gasteiger partial charge on any atom is -0.392 e. The predicted octanol–water partition coefficient (Wildman–Crippen LogP) is 0.527. The lowest BCUT2D eigenvalue weighted by Crippen LogP contribution is -2.15. The molecule has 3 heterocycles. The van der Waals surface area contributed by atoms with Crippen LogP contribution in [0.15, 0.2) is 29.0 Å². The molecule has 6 nitrogen and oxygen atoms in total. The fourth-order valence-corrected chi connectivity index (χ4v) is 1.89. The van der Waals surface area contributed by atoms with Crippen LogP contribution >= 0.6 is 0 Å². The number of nitrogens with one attached hydrogen (secondary N) is 1. The first kappa shape index (κ1) is 10.4. The third-order valence-corrected chi connectivity index (χ3v) is 2.77. The minimum absolute atomic E-state index is 0.0529. The van der Waals surface area contributed by atoms with Crippen molar-refractivity contribution in [1.29, 1.82) is 0 Å². The first-order valence-electron chi connectivity index (χ1n) is 5.48. The summed E-state index contributed by atoms with van der Waals surface area (Å²) in [6.07, 6.45) is 3.65. The third-order valence-electron chi connectivity index (χ3n) is 2.77. The molecule has 2 N–H and O–H groups in total. The van der Waals surface area contributed by atoms with E-state index in [0.29, 0.717) is 24.7 Å². The van der Waals surface area contributed by atoms with Crippen LogP contribution in [-0.4, -0.2) is 32.9 Å². The van der Waals surface area contributed by atoms with Gasteiger partial charge in [0.1, 0.15) is 0 Å². The normalized spacial score (nSPS) is 24.1. The molecule has 0 saturated carbocycles. The largest absolute Gasteiger partial charge is 0.392 e. The van der Waals surface area contributed by atoms with E-state index >= 15 is 0 Å². The highest BCUT2D eigenvalue weighted by Gasteiger charge is 2.28. The molecule has 2 aromatic heterocycles. The quantitative estimate of drug-likeness (QED) is 0.785. The Hall–Kier alpha value is -1.79. The molecule has 0 unspecified atom stereocenters. The van der Waals surface area contributed by atoms with Gasteiger partial charge in [0.2, 0.25) is 11.7 Å². The second-order valence-corrected chi connectivity index (χ2v) is 4.05. The van der Waals surface area contributed by atoms with Gasteiger partial charge < -0.3 is 14.9 Å². The van der Waals surface area contributed by atoms with E-state index in [1.165, 1.54) is 0 Å². The number of β-amino-alcohol motifs (C(OH)–C–C–N with tert-alkyl or cyclic N) is 1. The number of aromatic nitrogens is 3. The molecule has 1 aliphatic heterocycles. The zero-order valence-corrected chi connectivity index (χ0v) is 9.08. The van der Waals surface area contributed by atoms with Crippen LogP contribution in [0.1, 0.15) is 18.4 Å². The second-order valence-electron chi connectivity index (χ2n) is 4.05. The number of pyridine rings is 1. The van der Waals surface area contributed by atoms with Crippen molar-refractivity contribution in [3.8, 4) is 11.4 Å². The minimum atomic E-state index is -0.339. The highest BCUT2D eigenvalue weighted by Crippen LogP contribution is 2.24. The van der Waals surface area contributed by atoms with Crippen molar-refractivity contribution >= 4 is 0 Å². The van der Waals surface area contributed by atoms with Gasteiger partial charge in [-0.1, -0.05) is 5.16 Å². The van der Waals surface area contributed by atoms with Crippen LogP contribution in [0.4, 0.5) is 0 Å². The van der Waals surface area contributed by atoms with E-state index in [1.54, 1.807) is 12.4 Å². The molecule has 0 spiro atoms. The van der Waals surface area contributed by atoms with Crippen LogP contribution in [0.3, 0.4) is 0 Å². The number of hydrogen-bond acceptors (Lipinski definition) is 6. The van der Waals surface area contributed by atoms with Crippen molar-refractivity contribution in [2.24, 2.45) is 0 Å². The highest BCUT2D eigenvalue weighted by molar-refractivity contribution is 5.51. The fourth-order valence-electron chi connectivity index (χ4n) is 1.89. The molecule has 0 aliphatic carbocycles. The summed E-state index contributed by atoms with van der Waals surface area (Å²) in [5.74, 6) is 1.04. The lowest BCUT2D eigenvalue weighted by molar-refractivity contribution is 0.191. The smallest absolute Gasteiger partial charge is 0.244 e. The molecule has 17 heavy (non-hydrogen) atoms. The van der Waals surface area contributed by atoms with Crippen LogP contribution in [0.25, 0.3) is 11.4 Å². The number of hydrogen-bond donors (Lipinski definition) is 2. The molecule has 3 rings (SSSR count). The van der Waals surface area contributed by atoms with Gasteiger partial charge in [-0.3, -0.25) is 4.98 Å². The van der Waals surface area contributed by atoms with Crippen LogP contribution < -0.4 is 5.32 Å². The topological polar surface area (TPSA) is 84.1 Å². The lowest BCUT2D eigenvalue weighted by Gasteiger charge is -2.01. The van der Waals surface area contributed by atoms with Gasteiger partial charge in [-0.15, -0.1) is 0 Å². The Morgan fingerprint density at radius 2 is 2.41 bits per heavy atom. The first-order valence-corrected chi connectivity index (χ1v) is 5.48. The van der Waals surface area contributed by atoms with Crippen LogP contribution in [-0.2, 0) is 0 Å². The van der Waals surface area contributed by atoms with Gasteiger partial charge in [-0.2, -0.15) is 4.98 Å². The average Bonchev–Trinajstić information content (AvgIpc) is 2.98. The molecule has 0 amide bonds. The second kappa shape index (κ2) is 4.23. The van der Waals surface area contributed by atoms with E-state index in [2.05, 4.69) is 20.4 Å². The van der Waals surface area contributed by atoms with Crippen LogP contribution in [0.2, 0.25) is 0 Å². The van der Waals surface area contributed by atoms with Crippen molar-refractivity contribution in [2.75, 3.05) is 6.54 Å². The summed E-state index contributed by atoms with van der Waals surface area (Å²) >= 11 is 0. The number of aliphatic hydroxyl groups excluding tert-OH is 1. The van der Waals surface area contributed by atoms with E-state index in [0.717, 1.165) is 5.56 Å². The molecular weight excluding hydrogens is 220 g/mol. The Morgan fingerprint density at radius 3 is 3.12 bits per heavy atom. The maximum absolute atomic E-state index is 9.42. The number of aliphatic hydroxyl groups is 1. The van der Waals surface area contributed by atoms with Crippen LogP contribution in [0.5, 0.6) is 0 Å². The summed E-state index contributed by atoms with van der Waals surface area (Å²) in [7, 11) is 0. The maximum atomic E-state index is 9.42. The highest BCUT2D eigenvalue weighted by atomic mass is 16.5. The van der Waals surface area contributed by atoms with Gasteiger partial charge in [-0.05, 0) is 18.6 Å².